The molecule has 0 aromatic heterocycles. The number of hydrogen-bond donors (Lipinski definition) is 1. The Labute approximate surface area is 159 Å². The molecule has 0 aliphatic rings. The van der Waals surface area contributed by atoms with E-state index in [0.717, 1.165) is 30.8 Å². The topological polar surface area (TPSA) is 81.7 Å². The molecule has 6 nitrogen and oxygen atoms in total. The van der Waals surface area contributed by atoms with Gasteiger partial charge in [0.25, 0.3) is 0 Å². The van der Waals surface area contributed by atoms with Crippen LogP contribution in [-0.4, -0.2) is 33.5 Å². The molecule has 0 bridgehead atoms. The molecule has 2 aromatic carbocycles. The molecule has 0 amide bonds. The average molecular weight is 417 g/mol. The van der Waals surface area contributed by atoms with Crippen LogP contribution in [-0.2, 0) is 19.6 Å². The Kier molecular flexibility index (Phi) is 7.57. The average Bonchev–Trinajstić information content (AvgIpc) is 2.61. The third kappa shape index (κ3) is 6.49. The van der Waals surface area contributed by atoms with Crippen LogP contribution in [0.15, 0.2) is 52.3 Å². The van der Waals surface area contributed by atoms with Crippen LogP contribution < -0.4 is 9.46 Å². The van der Waals surface area contributed by atoms with Crippen molar-refractivity contribution in [3.63, 3.8) is 0 Å². The summed E-state index contributed by atoms with van der Waals surface area (Å²) in [5.41, 5.74) is 0. The molecular weight excluding hydrogens is 400 g/mol. The maximum atomic E-state index is 13.9. The second-order valence-corrected chi connectivity index (χ2v) is 8.11. The monoisotopic (exact) mass is 417 g/mol. The summed E-state index contributed by atoms with van der Waals surface area (Å²) in [7, 11) is -3.63. The van der Waals surface area contributed by atoms with Gasteiger partial charge in [-0.15, -0.1) is 11.8 Å². The lowest BCUT2D eigenvalue weighted by molar-refractivity contribution is -0.147. The van der Waals surface area contributed by atoms with Crippen LogP contribution >= 0.6 is 11.8 Å². The molecular formula is C17H17F2NO5S2. The van der Waals surface area contributed by atoms with Crippen LogP contribution in [0, 0.1) is 11.6 Å². The van der Waals surface area contributed by atoms with Gasteiger partial charge in [0.1, 0.15) is 0 Å². The summed E-state index contributed by atoms with van der Waals surface area (Å²) in [4.78, 5) is 11.0. The maximum Gasteiger partial charge on any atom is 0.305 e. The second kappa shape index (κ2) is 9.67. The van der Waals surface area contributed by atoms with Crippen molar-refractivity contribution in [2.75, 3.05) is 19.1 Å². The lowest BCUT2D eigenvalue weighted by atomic mass is 10.3. The number of nitrogens with one attached hydrogen (secondary N) is 1. The van der Waals surface area contributed by atoms with Crippen molar-refractivity contribution in [3.05, 3.63) is 54.1 Å². The summed E-state index contributed by atoms with van der Waals surface area (Å²) in [5.74, 6) is -2.92. The zero-order valence-corrected chi connectivity index (χ0v) is 15.9. The fraction of sp³-hybridized carbons (Fsp3) is 0.235. The number of thioether (sulfide) groups is 1. The third-order valence-electron chi connectivity index (χ3n) is 3.15. The molecule has 0 fully saturated rings. The zero-order chi connectivity index (χ0) is 19.9. The number of hydrogen-bond acceptors (Lipinski definition) is 6. The van der Waals surface area contributed by atoms with Crippen LogP contribution in [0.5, 0.6) is 5.75 Å². The zero-order valence-electron chi connectivity index (χ0n) is 14.3. The number of carbonyl (C=O) groups is 1. The van der Waals surface area contributed by atoms with E-state index in [1.165, 1.54) is 12.1 Å². The van der Waals surface area contributed by atoms with Gasteiger partial charge >= 0.3 is 5.97 Å². The van der Waals surface area contributed by atoms with Gasteiger partial charge in [0.2, 0.25) is 16.8 Å². The minimum Gasteiger partial charge on any atom is -0.451 e. The number of halogens is 2. The number of carbonyl (C=O) groups excluding carboxylic acids is 1. The summed E-state index contributed by atoms with van der Waals surface area (Å²) < 4.78 is 63.6. The molecule has 1 N–H and O–H groups in total. The molecule has 0 saturated heterocycles. The number of benzene rings is 2. The standard InChI is InChI=1S/C17H17F2NO5S2/c1-12(21)24-11-25-17-15(18)9-13(10-16(17)19)26-8-7-20-27(22,23)14-5-3-2-4-6-14/h2-6,9-10,20H,7-8,11H2,1H3. The fourth-order valence-electron chi connectivity index (χ4n) is 1.96. The number of esters is 1. The Balaban J connectivity index is 1.88. The number of ether oxygens (including phenoxy) is 2. The molecule has 0 aliphatic carbocycles. The highest BCUT2D eigenvalue weighted by Gasteiger charge is 2.15. The predicted molar refractivity (Wildman–Crippen MR) is 96.0 cm³/mol. The van der Waals surface area contributed by atoms with Crippen molar-refractivity contribution >= 4 is 27.8 Å². The van der Waals surface area contributed by atoms with Gasteiger partial charge in [-0.3, -0.25) is 4.79 Å². The van der Waals surface area contributed by atoms with Crippen molar-refractivity contribution in [3.8, 4) is 5.75 Å². The quantitative estimate of drug-likeness (QED) is 0.292. The van der Waals surface area contributed by atoms with Crippen LogP contribution in [0.3, 0.4) is 0 Å². The molecule has 10 heteroatoms. The first-order chi connectivity index (χ1) is 12.8. The molecule has 0 unspecified atom stereocenters. The summed E-state index contributed by atoms with van der Waals surface area (Å²) in [5, 5.41) is 0. The molecule has 0 heterocycles. The van der Waals surface area contributed by atoms with E-state index in [1.807, 2.05) is 0 Å². The van der Waals surface area contributed by atoms with Crippen molar-refractivity contribution in [2.24, 2.45) is 0 Å². The highest BCUT2D eigenvalue weighted by molar-refractivity contribution is 7.99. The first-order valence-electron chi connectivity index (χ1n) is 7.72. The highest BCUT2D eigenvalue weighted by atomic mass is 32.2. The van der Waals surface area contributed by atoms with E-state index in [4.69, 9.17) is 4.74 Å². The largest absolute Gasteiger partial charge is 0.451 e. The summed E-state index contributed by atoms with van der Waals surface area (Å²) in [6.07, 6.45) is 0. The summed E-state index contributed by atoms with van der Waals surface area (Å²) >= 11 is 1.07. The van der Waals surface area contributed by atoms with Crippen molar-refractivity contribution in [1.29, 1.82) is 0 Å². The molecule has 2 aromatic rings. The molecule has 0 saturated carbocycles. The first-order valence-corrected chi connectivity index (χ1v) is 10.2. The molecule has 0 atom stereocenters. The SMILES string of the molecule is CC(=O)OCOc1c(F)cc(SCCNS(=O)(=O)c2ccccc2)cc1F. The molecule has 27 heavy (non-hydrogen) atoms. The van der Waals surface area contributed by atoms with Crippen molar-refractivity contribution in [1.82, 2.24) is 4.72 Å². The van der Waals surface area contributed by atoms with E-state index in [9.17, 15) is 22.0 Å². The predicted octanol–water partition coefficient (Wildman–Crippen LogP) is 2.93. The van der Waals surface area contributed by atoms with Gasteiger partial charge in [0.15, 0.2) is 17.4 Å². The Morgan fingerprint density at radius 3 is 2.37 bits per heavy atom. The van der Waals surface area contributed by atoms with Gasteiger partial charge in [-0.05, 0) is 24.3 Å². The molecule has 0 spiro atoms. The Hall–Kier alpha value is -2.17. The fourth-order valence-corrected chi connectivity index (χ4v) is 3.95. The van der Waals surface area contributed by atoms with Gasteiger partial charge < -0.3 is 9.47 Å². The Bertz CT molecular complexity index is 868. The second-order valence-electron chi connectivity index (χ2n) is 5.17. The van der Waals surface area contributed by atoms with E-state index in [0.29, 0.717) is 0 Å². The van der Waals surface area contributed by atoms with Crippen LogP contribution in [0.4, 0.5) is 8.78 Å². The summed E-state index contributed by atoms with van der Waals surface area (Å²) in [6, 6.07) is 9.98. The van der Waals surface area contributed by atoms with E-state index in [-0.39, 0.29) is 22.1 Å². The highest BCUT2D eigenvalue weighted by Crippen LogP contribution is 2.28. The number of rotatable bonds is 9. The number of sulfonamides is 1. The minimum atomic E-state index is -3.63. The normalized spacial score (nSPS) is 11.2. The first kappa shape index (κ1) is 21.1. The van der Waals surface area contributed by atoms with Gasteiger partial charge in [-0.1, -0.05) is 18.2 Å². The molecule has 2 rings (SSSR count). The van der Waals surface area contributed by atoms with Gasteiger partial charge in [0, 0.05) is 24.1 Å². The van der Waals surface area contributed by atoms with E-state index in [1.54, 1.807) is 18.2 Å². The van der Waals surface area contributed by atoms with Crippen LogP contribution in [0.1, 0.15) is 6.92 Å². The Morgan fingerprint density at radius 1 is 1.15 bits per heavy atom. The third-order valence-corrected chi connectivity index (χ3v) is 5.61. The lowest BCUT2D eigenvalue weighted by Gasteiger charge is -2.10. The van der Waals surface area contributed by atoms with Gasteiger partial charge in [-0.2, -0.15) is 0 Å². The smallest absolute Gasteiger partial charge is 0.305 e. The van der Waals surface area contributed by atoms with Gasteiger partial charge in [0.05, 0.1) is 4.90 Å². The molecule has 0 radical (unpaired) electrons. The van der Waals surface area contributed by atoms with Crippen molar-refractivity contribution in [2.45, 2.75) is 16.7 Å². The lowest BCUT2D eigenvalue weighted by Crippen LogP contribution is -2.25. The molecule has 0 aliphatic heterocycles. The van der Waals surface area contributed by atoms with Crippen molar-refractivity contribution < 1.29 is 31.5 Å². The van der Waals surface area contributed by atoms with E-state index < -0.39 is 40.2 Å². The van der Waals surface area contributed by atoms with Crippen LogP contribution in [0.2, 0.25) is 0 Å². The minimum absolute atomic E-state index is 0.0792. The van der Waals surface area contributed by atoms with E-state index >= 15 is 0 Å². The summed E-state index contributed by atoms with van der Waals surface area (Å²) in [6.45, 7) is 0.620. The van der Waals surface area contributed by atoms with Crippen LogP contribution in [0.25, 0.3) is 0 Å². The van der Waals surface area contributed by atoms with E-state index in [2.05, 4.69) is 9.46 Å². The Morgan fingerprint density at radius 2 is 1.78 bits per heavy atom. The van der Waals surface area contributed by atoms with Gasteiger partial charge in [-0.25, -0.2) is 21.9 Å². The molecule has 146 valence electrons. The maximum absolute atomic E-state index is 13.9.